The lowest BCUT2D eigenvalue weighted by molar-refractivity contribution is -0.00543. The van der Waals surface area contributed by atoms with Gasteiger partial charge in [0.15, 0.2) is 12.1 Å². The Hall–Kier alpha value is -2.39. The Morgan fingerprint density at radius 1 is 1.35 bits per heavy atom. The van der Waals surface area contributed by atoms with E-state index >= 15 is 4.39 Å². The molecule has 0 bridgehead atoms. The maximum atomic E-state index is 15.3. The molecule has 9 heteroatoms. The zero-order valence-corrected chi connectivity index (χ0v) is 15.3. The van der Waals surface area contributed by atoms with Crippen LogP contribution in [-0.2, 0) is 4.74 Å². The number of nitrogens with zero attached hydrogens (tertiary/aromatic N) is 4. The minimum atomic E-state index is -0.584. The van der Waals surface area contributed by atoms with E-state index in [1.54, 1.807) is 13.0 Å². The molecule has 1 fully saturated rings. The van der Waals surface area contributed by atoms with E-state index in [9.17, 15) is 4.79 Å². The molecule has 0 saturated carbocycles. The predicted octanol–water partition coefficient (Wildman–Crippen LogP) is 3.22. The number of aldehydes is 1. The van der Waals surface area contributed by atoms with Gasteiger partial charge in [-0.05, 0) is 38.4 Å². The van der Waals surface area contributed by atoms with Gasteiger partial charge in [0.25, 0.3) is 0 Å². The fourth-order valence-electron chi connectivity index (χ4n) is 3.43. The number of ether oxygens (including phenoxy) is 1. The zero-order chi connectivity index (χ0) is 18.4. The first-order valence-corrected chi connectivity index (χ1v) is 9.03. The Balaban J connectivity index is 1.89. The Morgan fingerprint density at radius 3 is 2.69 bits per heavy atom. The summed E-state index contributed by atoms with van der Waals surface area (Å²) in [7, 11) is 0. The molecule has 4 rings (SSSR count). The predicted molar refractivity (Wildman–Crippen MR) is 95.2 cm³/mol. The van der Waals surface area contributed by atoms with Crippen LogP contribution in [0.4, 0.5) is 10.1 Å². The molecular weight excluding hydrogens is 359 g/mol. The molecule has 1 aliphatic heterocycles. The Kier molecular flexibility index (Phi) is 4.20. The monoisotopic (exact) mass is 376 g/mol. The first kappa shape index (κ1) is 17.0. The number of halogens is 1. The second kappa shape index (κ2) is 6.40. The first-order chi connectivity index (χ1) is 12.5. The van der Waals surface area contributed by atoms with Gasteiger partial charge in [-0.2, -0.15) is 0 Å². The minimum Gasteiger partial charge on any atom is -0.372 e. The molecule has 0 N–H and O–H groups in total. The van der Waals surface area contributed by atoms with Crippen LogP contribution >= 0.6 is 11.5 Å². The summed E-state index contributed by atoms with van der Waals surface area (Å²) < 4.78 is 30.2. The van der Waals surface area contributed by atoms with Crippen LogP contribution in [0.15, 0.2) is 10.6 Å². The second-order valence-corrected chi connectivity index (χ2v) is 7.26. The maximum absolute atomic E-state index is 15.3. The maximum Gasteiger partial charge on any atom is 0.205 e. The molecule has 26 heavy (non-hydrogen) atoms. The molecular formula is C17H17FN4O3S. The molecule has 3 aromatic rings. The number of rotatable bonds is 3. The molecule has 7 nitrogen and oxygen atoms in total. The molecule has 1 saturated heterocycles. The highest BCUT2D eigenvalue weighted by atomic mass is 32.1. The number of hydrogen-bond donors (Lipinski definition) is 0. The van der Waals surface area contributed by atoms with Gasteiger partial charge in [-0.15, -0.1) is 5.10 Å². The fraction of sp³-hybridized carbons (Fsp3) is 0.412. The van der Waals surface area contributed by atoms with Crippen molar-refractivity contribution < 1.29 is 18.4 Å². The van der Waals surface area contributed by atoms with Crippen molar-refractivity contribution >= 4 is 34.5 Å². The highest BCUT2D eigenvalue weighted by Crippen LogP contribution is 2.38. The average Bonchev–Trinajstić information content (AvgIpc) is 3.19. The summed E-state index contributed by atoms with van der Waals surface area (Å²) in [6.07, 6.45) is 0.533. The third-order valence-corrected chi connectivity index (χ3v) is 5.27. The van der Waals surface area contributed by atoms with Crippen LogP contribution in [0.25, 0.3) is 21.5 Å². The van der Waals surface area contributed by atoms with Gasteiger partial charge in [-0.3, -0.25) is 4.79 Å². The number of carbonyl (C=O) groups excluding carboxylic acids is 1. The van der Waals surface area contributed by atoms with Crippen molar-refractivity contribution in [3.63, 3.8) is 0 Å². The standard InChI is InChI=1S/C17H17FN4O3S/c1-8-5-22(6-9(2)24-8)15-11(7-23)4-12-14(17-10(3)19-21-26-17)20-25-16(12)13(15)18/h4,7-9H,5-6H2,1-3H3. The highest BCUT2D eigenvalue weighted by Gasteiger charge is 2.29. The van der Waals surface area contributed by atoms with Gasteiger partial charge in [0.2, 0.25) is 5.58 Å². The van der Waals surface area contributed by atoms with Crippen molar-refractivity contribution in [1.29, 1.82) is 0 Å². The summed E-state index contributed by atoms with van der Waals surface area (Å²) in [6.45, 7) is 6.62. The number of morpholine rings is 1. The van der Waals surface area contributed by atoms with Crippen LogP contribution in [0.1, 0.15) is 29.9 Å². The summed E-state index contributed by atoms with van der Waals surface area (Å²) in [6, 6.07) is 1.62. The molecule has 1 aliphatic rings. The fourth-order valence-corrected chi connectivity index (χ4v) is 4.08. The largest absolute Gasteiger partial charge is 0.372 e. The Morgan fingerprint density at radius 2 is 2.08 bits per heavy atom. The average molecular weight is 376 g/mol. The van der Waals surface area contributed by atoms with E-state index in [0.717, 1.165) is 11.5 Å². The van der Waals surface area contributed by atoms with Crippen molar-refractivity contribution in [2.75, 3.05) is 18.0 Å². The van der Waals surface area contributed by atoms with Crippen molar-refractivity contribution in [2.45, 2.75) is 33.0 Å². The number of hydrogen-bond acceptors (Lipinski definition) is 8. The van der Waals surface area contributed by atoms with Crippen LogP contribution < -0.4 is 4.90 Å². The number of aryl methyl sites for hydroxylation is 1. The molecule has 136 valence electrons. The quantitative estimate of drug-likeness (QED) is 0.649. The first-order valence-electron chi connectivity index (χ1n) is 8.26. The molecule has 0 amide bonds. The van der Waals surface area contributed by atoms with Crippen molar-refractivity contribution in [3.8, 4) is 10.6 Å². The lowest BCUT2D eigenvalue weighted by Crippen LogP contribution is -2.46. The van der Waals surface area contributed by atoms with Gasteiger partial charge in [0, 0.05) is 18.7 Å². The SMILES string of the molecule is Cc1nnsc1-c1noc2c(F)c(N3CC(C)OC(C)C3)c(C=O)cc12. The third kappa shape index (κ3) is 2.67. The third-order valence-electron chi connectivity index (χ3n) is 4.44. The smallest absolute Gasteiger partial charge is 0.205 e. The summed E-state index contributed by atoms with van der Waals surface area (Å²) in [5, 5.41) is 8.40. The highest BCUT2D eigenvalue weighted by molar-refractivity contribution is 7.09. The van der Waals surface area contributed by atoms with Crippen LogP contribution in [0.2, 0.25) is 0 Å². The van der Waals surface area contributed by atoms with Gasteiger partial charge >= 0.3 is 0 Å². The van der Waals surface area contributed by atoms with Gasteiger partial charge < -0.3 is 14.2 Å². The molecule has 2 aromatic heterocycles. The zero-order valence-electron chi connectivity index (χ0n) is 14.5. The number of aromatic nitrogens is 3. The van der Waals surface area contributed by atoms with E-state index in [4.69, 9.17) is 9.26 Å². The van der Waals surface area contributed by atoms with Crippen molar-refractivity contribution in [3.05, 3.63) is 23.1 Å². The van der Waals surface area contributed by atoms with Crippen LogP contribution in [0.5, 0.6) is 0 Å². The summed E-state index contributed by atoms with van der Waals surface area (Å²) in [5.74, 6) is -0.584. The lowest BCUT2D eigenvalue weighted by Gasteiger charge is -2.37. The van der Waals surface area contributed by atoms with Gasteiger partial charge in [-0.1, -0.05) is 9.64 Å². The van der Waals surface area contributed by atoms with E-state index < -0.39 is 5.82 Å². The van der Waals surface area contributed by atoms with Gasteiger partial charge in [0.1, 0.15) is 10.6 Å². The summed E-state index contributed by atoms with van der Waals surface area (Å²) >= 11 is 1.15. The van der Waals surface area contributed by atoms with E-state index in [1.165, 1.54) is 0 Å². The summed E-state index contributed by atoms with van der Waals surface area (Å²) in [4.78, 5) is 14.2. The van der Waals surface area contributed by atoms with Gasteiger partial charge in [-0.25, -0.2) is 4.39 Å². The second-order valence-electron chi connectivity index (χ2n) is 6.50. The number of anilines is 1. The van der Waals surface area contributed by atoms with E-state index in [2.05, 4.69) is 14.7 Å². The Bertz CT molecular complexity index is 976. The molecule has 3 heterocycles. The molecule has 2 unspecified atom stereocenters. The number of fused-ring (bicyclic) bond motifs is 1. The van der Waals surface area contributed by atoms with E-state index in [0.29, 0.717) is 41.0 Å². The Labute approximate surface area is 152 Å². The van der Waals surface area contributed by atoms with Gasteiger partial charge in [0.05, 0.1) is 29.0 Å². The normalized spacial score (nSPS) is 20.7. The van der Waals surface area contributed by atoms with Crippen LogP contribution in [0.3, 0.4) is 0 Å². The lowest BCUT2D eigenvalue weighted by atomic mass is 10.0. The molecule has 0 aliphatic carbocycles. The van der Waals surface area contributed by atoms with Crippen LogP contribution in [0, 0.1) is 12.7 Å². The molecule has 0 spiro atoms. The van der Waals surface area contributed by atoms with Crippen molar-refractivity contribution in [2.24, 2.45) is 0 Å². The van der Waals surface area contributed by atoms with E-state index in [-0.39, 0.29) is 29.0 Å². The summed E-state index contributed by atoms with van der Waals surface area (Å²) in [5.41, 5.74) is 1.65. The van der Waals surface area contributed by atoms with E-state index in [1.807, 2.05) is 18.7 Å². The van der Waals surface area contributed by atoms with Crippen molar-refractivity contribution in [1.82, 2.24) is 14.7 Å². The number of carbonyl (C=O) groups is 1. The molecule has 2 atom stereocenters. The minimum absolute atomic E-state index is 0.0280. The molecule has 1 aromatic carbocycles. The molecule has 0 radical (unpaired) electrons. The van der Waals surface area contributed by atoms with Crippen LogP contribution in [-0.4, -0.2) is 46.3 Å². The topological polar surface area (TPSA) is 81.3 Å². The number of benzene rings is 1.